The molecule has 0 bridgehead atoms. The van der Waals surface area contributed by atoms with Crippen LogP contribution in [0.15, 0.2) is 28.8 Å². The average molecular weight is 346 g/mol. The predicted molar refractivity (Wildman–Crippen MR) is 90.0 cm³/mol. The van der Waals surface area contributed by atoms with Crippen LogP contribution in [0.5, 0.6) is 0 Å². The fourth-order valence-electron chi connectivity index (χ4n) is 3.19. The smallest absolute Gasteiger partial charge is 0.224 e. The molecule has 2 heterocycles. The minimum absolute atomic E-state index is 0.00102. The van der Waals surface area contributed by atoms with Gasteiger partial charge in [-0.1, -0.05) is 17.3 Å². The fourth-order valence-corrected chi connectivity index (χ4v) is 3.19. The molecular formula is C18H23FN4O2. The second-order valence-electron chi connectivity index (χ2n) is 6.61. The molecule has 0 radical (unpaired) electrons. The molecule has 1 aliphatic rings. The molecular weight excluding hydrogens is 323 g/mol. The highest BCUT2D eigenvalue weighted by molar-refractivity contribution is 5.79. The molecule has 3 rings (SSSR count). The van der Waals surface area contributed by atoms with E-state index in [0.717, 1.165) is 24.9 Å². The number of hydrogen-bond donors (Lipinski definition) is 1. The zero-order chi connectivity index (χ0) is 17.8. The lowest BCUT2D eigenvalue weighted by atomic mass is 9.96. The molecule has 1 aromatic heterocycles. The van der Waals surface area contributed by atoms with Gasteiger partial charge < -0.3 is 9.84 Å². The van der Waals surface area contributed by atoms with Gasteiger partial charge >= 0.3 is 0 Å². The Labute approximate surface area is 146 Å². The number of halogens is 1. The Morgan fingerprint density at radius 2 is 2.36 bits per heavy atom. The summed E-state index contributed by atoms with van der Waals surface area (Å²) in [6.07, 6.45) is 1.80. The van der Waals surface area contributed by atoms with E-state index in [1.54, 1.807) is 19.1 Å². The van der Waals surface area contributed by atoms with Gasteiger partial charge in [-0.25, -0.2) is 4.39 Å². The number of aryl methyl sites for hydroxylation is 1. The normalized spacial score (nSPS) is 19.6. The molecule has 7 heteroatoms. The first-order valence-electron chi connectivity index (χ1n) is 8.58. The van der Waals surface area contributed by atoms with Crippen molar-refractivity contribution < 1.29 is 13.7 Å². The molecule has 0 unspecified atom stereocenters. The highest BCUT2D eigenvalue weighted by Crippen LogP contribution is 2.20. The summed E-state index contributed by atoms with van der Waals surface area (Å²) in [4.78, 5) is 18.9. The van der Waals surface area contributed by atoms with E-state index in [1.165, 1.54) is 6.07 Å². The number of carbonyl (C=O) groups is 1. The number of nitrogens with one attached hydrogen (secondary N) is 1. The third-order valence-corrected chi connectivity index (χ3v) is 4.46. The van der Waals surface area contributed by atoms with Crippen molar-refractivity contribution in [3.05, 3.63) is 47.4 Å². The summed E-state index contributed by atoms with van der Waals surface area (Å²) in [7, 11) is 0. The van der Waals surface area contributed by atoms with Crippen molar-refractivity contribution in [3.8, 4) is 0 Å². The number of aromatic nitrogens is 2. The molecule has 1 amide bonds. The van der Waals surface area contributed by atoms with Crippen molar-refractivity contribution in [1.82, 2.24) is 20.4 Å². The summed E-state index contributed by atoms with van der Waals surface area (Å²) in [6, 6.07) is 6.32. The van der Waals surface area contributed by atoms with E-state index < -0.39 is 0 Å². The third kappa shape index (κ3) is 4.63. The van der Waals surface area contributed by atoms with Crippen molar-refractivity contribution in [2.75, 3.05) is 13.1 Å². The lowest BCUT2D eigenvalue weighted by molar-refractivity contribution is -0.127. The number of piperidine rings is 1. The summed E-state index contributed by atoms with van der Waals surface area (Å²) in [5.41, 5.74) is 0.927. The lowest BCUT2D eigenvalue weighted by Gasteiger charge is -2.32. The van der Waals surface area contributed by atoms with Crippen LogP contribution in [-0.2, 0) is 11.3 Å². The van der Waals surface area contributed by atoms with Crippen LogP contribution >= 0.6 is 0 Å². The predicted octanol–water partition coefficient (Wildman–Crippen LogP) is 2.61. The zero-order valence-electron chi connectivity index (χ0n) is 14.5. The number of rotatable bonds is 5. The number of likely N-dealkylation sites (tertiary alicyclic amines) is 1. The molecule has 0 aliphatic carbocycles. The van der Waals surface area contributed by atoms with Gasteiger partial charge in [0, 0.05) is 20.0 Å². The van der Waals surface area contributed by atoms with Crippen molar-refractivity contribution in [2.45, 2.75) is 39.3 Å². The van der Waals surface area contributed by atoms with Gasteiger partial charge in [0.1, 0.15) is 5.82 Å². The third-order valence-electron chi connectivity index (χ3n) is 4.46. The Hall–Kier alpha value is -2.28. The first kappa shape index (κ1) is 17.5. The Morgan fingerprint density at radius 3 is 3.08 bits per heavy atom. The summed E-state index contributed by atoms with van der Waals surface area (Å²) in [5, 5.41) is 6.81. The second kappa shape index (κ2) is 7.74. The summed E-state index contributed by atoms with van der Waals surface area (Å²) in [5.74, 6) is 0.651. The van der Waals surface area contributed by atoms with Gasteiger partial charge in [-0.05, 0) is 44.0 Å². The number of amides is 1. The SMILES string of the molecule is Cc1nc([C@H](C)NC(=O)[C@@H]2CCCN(Cc3cccc(F)c3)C2)no1. The number of carbonyl (C=O) groups excluding carboxylic acids is 1. The molecule has 2 aromatic rings. The molecule has 0 saturated carbocycles. The van der Waals surface area contributed by atoms with Gasteiger partial charge in [0.2, 0.25) is 11.8 Å². The van der Waals surface area contributed by atoms with E-state index >= 15 is 0 Å². The van der Waals surface area contributed by atoms with Gasteiger partial charge in [0.25, 0.3) is 0 Å². The monoisotopic (exact) mass is 346 g/mol. The molecule has 1 saturated heterocycles. The topological polar surface area (TPSA) is 71.3 Å². The van der Waals surface area contributed by atoms with Crippen molar-refractivity contribution in [3.63, 3.8) is 0 Å². The maximum absolute atomic E-state index is 13.3. The molecule has 1 aromatic carbocycles. The van der Waals surface area contributed by atoms with Crippen LogP contribution in [-0.4, -0.2) is 34.0 Å². The average Bonchev–Trinajstić information content (AvgIpc) is 3.02. The highest BCUT2D eigenvalue weighted by Gasteiger charge is 2.27. The summed E-state index contributed by atoms with van der Waals surface area (Å²) >= 11 is 0. The quantitative estimate of drug-likeness (QED) is 0.901. The standard InChI is InChI=1S/C18H23FN4O2/c1-12(17-21-13(2)25-22-17)20-18(24)15-6-4-8-23(11-15)10-14-5-3-7-16(19)9-14/h3,5,7,9,12,15H,4,6,8,10-11H2,1-2H3,(H,20,24)/t12-,15+/m0/s1. The van der Waals surface area contributed by atoms with Gasteiger partial charge in [-0.3, -0.25) is 9.69 Å². The second-order valence-corrected chi connectivity index (χ2v) is 6.61. The Kier molecular flexibility index (Phi) is 5.43. The molecule has 134 valence electrons. The Balaban J connectivity index is 1.56. The van der Waals surface area contributed by atoms with E-state index in [1.807, 2.05) is 13.0 Å². The van der Waals surface area contributed by atoms with Crippen LogP contribution in [0, 0.1) is 18.7 Å². The molecule has 1 aliphatic heterocycles. The van der Waals surface area contributed by atoms with Crippen LogP contribution < -0.4 is 5.32 Å². The molecule has 25 heavy (non-hydrogen) atoms. The summed E-state index contributed by atoms with van der Waals surface area (Å²) in [6.45, 7) is 5.80. The van der Waals surface area contributed by atoms with Gasteiger partial charge in [0.15, 0.2) is 5.82 Å². The minimum atomic E-state index is -0.288. The van der Waals surface area contributed by atoms with Crippen LogP contribution in [0.1, 0.15) is 43.1 Å². The molecule has 2 atom stereocenters. The summed E-state index contributed by atoms with van der Waals surface area (Å²) < 4.78 is 18.3. The van der Waals surface area contributed by atoms with Crippen LogP contribution in [0.4, 0.5) is 4.39 Å². The van der Waals surface area contributed by atoms with E-state index in [9.17, 15) is 9.18 Å². The number of hydrogen-bond acceptors (Lipinski definition) is 5. The zero-order valence-corrected chi connectivity index (χ0v) is 14.5. The molecule has 0 spiro atoms. The van der Waals surface area contributed by atoms with Crippen molar-refractivity contribution >= 4 is 5.91 Å². The first-order valence-corrected chi connectivity index (χ1v) is 8.58. The molecule has 1 N–H and O–H groups in total. The first-order chi connectivity index (χ1) is 12.0. The lowest BCUT2D eigenvalue weighted by Crippen LogP contribution is -2.43. The van der Waals surface area contributed by atoms with E-state index in [2.05, 4.69) is 20.4 Å². The van der Waals surface area contributed by atoms with Crippen molar-refractivity contribution in [2.24, 2.45) is 5.92 Å². The van der Waals surface area contributed by atoms with Crippen LogP contribution in [0.2, 0.25) is 0 Å². The van der Waals surface area contributed by atoms with Gasteiger partial charge in [0.05, 0.1) is 12.0 Å². The largest absolute Gasteiger partial charge is 0.346 e. The van der Waals surface area contributed by atoms with Crippen LogP contribution in [0.25, 0.3) is 0 Å². The van der Waals surface area contributed by atoms with E-state index in [4.69, 9.17) is 4.52 Å². The maximum Gasteiger partial charge on any atom is 0.224 e. The van der Waals surface area contributed by atoms with Crippen LogP contribution in [0.3, 0.4) is 0 Å². The fraction of sp³-hybridized carbons (Fsp3) is 0.500. The van der Waals surface area contributed by atoms with Gasteiger partial charge in [-0.15, -0.1) is 0 Å². The van der Waals surface area contributed by atoms with Gasteiger partial charge in [-0.2, -0.15) is 4.98 Å². The Bertz CT molecular complexity index is 733. The number of benzene rings is 1. The maximum atomic E-state index is 13.3. The Morgan fingerprint density at radius 1 is 1.52 bits per heavy atom. The molecule has 6 nitrogen and oxygen atoms in total. The van der Waals surface area contributed by atoms with Crippen molar-refractivity contribution in [1.29, 1.82) is 0 Å². The van der Waals surface area contributed by atoms with E-state index in [0.29, 0.717) is 24.8 Å². The number of nitrogens with zero attached hydrogens (tertiary/aromatic N) is 3. The van der Waals surface area contributed by atoms with E-state index in [-0.39, 0.29) is 23.7 Å². The minimum Gasteiger partial charge on any atom is -0.346 e. The highest BCUT2D eigenvalue weighted by atomic mass is 19.1. The molecule has 1 fully saturated rings.